The number of nitrogens with zero attached hydrogens (tertiary/aromatic N) is 2. The highest BCUT2D eigenvalue weighted by molar-refractivity contribution is 7.91. The van der Waals surface area contributed by atoms with Gasteiger partial charge in [-0.1, -0.05) is 0 Å². The molecule has 27 heavy (non-hydrogen) atoms. The van der Waals surface area contributed by atoms with Crippen LogP contribution in [0.1, 0.15) is 33.4 Å². The van der Waals surface area contributed by atoms with Crippen LogP contribution in [-0.4, -0.2) is 18.3 Å². The van der Waals surface area contributed by atoms with Crippen LogP contribution in [-0.2, 0) is 9.84 Å². The number of hydrogen-bond acceptors (Lipinski definition) is 6. The third-order valence-electron chi connectivity index (χ3n) is 4.62. The molecule has 0 fully saturated rings. The smallest absolute Gasteiger partial charge is 0.258 e. The molecular weight excluding hydrogens is 372 g/mol. The fraction of sp³-hybridized carbons (Fsp3) is 0.333. The van der Waals surface area contributed by atoms with Gasteiger partial charge < -0.3 is 0 Å². The Labute approximate surface area is 157 Å². The van der Waals surface area contributed by atoms with Crippen molar-refractivity contribution in [1.82, 2.24) is 0 Å². The van der Waals surface area contributed by atoms with Gasteiger partial charge in [-0.05, 0) is 64.8 Å². The quantitative estimate of drug-likeness (QED) is 0.568. The second kappa shape index (κ2) is 6.73. The summed E-state index contributed by atoms with van der Waals surface area (Å²) in [6, 6.07) is 2.90. The maximum Gasteiger partial charge on any atom is 0.276 e. The lowest BCUT2D eigenvalue weighted by molar-refractivity contribution is -0.386. The van der Waals surface area contributed by atoms with E-state index in [0.717, 1.165) is 0 Å². The molecule has 0 atom stereocenters. The summed E-state index contributed by atoms with van der Waals surface area (Å²) >= 11 is 0. The molecule has 8 nitrogen and oxygen atoms in total. The molecule has 0 radical (unpaired) electrons. The second-order valence-electron chi connectivity index (χ2n) is 6.64. The van der Waals surface area contributed by atoms with Gasteiger partial charge in [0.05, 0.1) is 19.6 Å². The summed E-state index contributed by atoms with van der Waals surface area (Å²) in [7, 11) is -4.22. The van der Waals surface area contributed by atoms with Crippen molar-refractivity contribution in [3.63, 3.8) is 0 Å². The van der Waals surface area contributed by atoms with Gasteiger partial charge >= 0.3 is 0 Å². The van der Waals surface area contributed by atoms with Gasteiger partial charge in [0.2, 0.25) is 9.84 Å². The van der Waals surface area contributed by atoms with Crippen LogP contribution in [0.2, 0.25) is 0 Å². The van der Waals surface area contributed by atoms with Crippen LogP contribution in [0.5, 0.6) is 0 Å². The predicted octanol–water partition coefficient (Wildman–Crippen LogP) is 4.19. The Morgan fingerprint density at radius 2 is 0.963 bits per heavy atom. The molecule has 0 aromatic heterocycles. The molecule has 0 amide bonds. The predicted molar refractivity (Wildman–Crippen MR) is 100 cm³/mol. The molecule has 9 heteroatoms. The van der Waals surface area contributed by atoms with E-state index in [1.165, 1.54) is 26.0 Å². The van der Waals surface area contributed by atoms with Crippen molar-refractivity contribution in [1.29, 1.82) is 0 Å². The number of aryl methyl sites for hydroxylation is 4. The van der Waals surface area contributed by atoms with Crippen molar-refractivity contribution in [3.8, 4) is 0 Å². The van der Waals surface area contributed by atoms with Crippen LogP contribution in [0.15, 0.2) is 21.9 Å². The summed E-state index contributed by atoms with van der Waals surface area (Å²) in [5.74, 6) is 0. The molecule has 0 aliphatic rings. The zero-order chi connectivity index (χ0) is 20.8. The number of rotatable bonds is 4. The summed E-state index contributed by atoms with van der Waals surface area (Å²) in [5.41, 5.74) is 0.955. The van der Waals surface area contributed by atoms with Gasteiger partial charge in [0.1, 0.15) is 0 Å². The van der Waals surface area contributed by atoms with Crippen LogP contribution in [0.4, 0.5) is 11.4 Å². The number of nitro groups is 2. The minimum atomic E-state index is -4.22. The van der Waals surface area contributed by atoms with Crippen molar-refractivity contribution >= 4 is 21.2 Å². The molecule has 144 valence electrons. The van der Waals surface area contributed by atoms with Crippen molar-refractivity contribution in [2.24, 2.45) is 0 Å². The molecule has 0 saturated carbocycles. The van der Waals surface area contributed by atoms with E-state index in [4.69, 9.17) is 0 Å². The van der Waals surface area contributed by atoms with Gasteiger partial charge in [0, 0.05) is 22.3 Å². The monoisotopic (exact) mass is 392 g/mol. The maximum absolute atomic E-state index is 13.4. The zero-order valence-corrected chi connectivity index (χ0v) is 16.7. The fourth-order valence-electron chi connectivity index (χ4n) is 3.81. The Hall–Kier alpha value is -2.81. The van der Waals surface area contributed by atoms with Gasteiger partial charge in [0.15, 0.2) is 0 Å². The lowest BCUT2D eigenvalue weighted by Crippen LogP contribution is -2.13. The number of benzene rings is 2. The summed E-state index contributed by atoms with van der Waals surface area (Å²) in [6.45, 7) is 8.98. The summed E-state index contributed by atoms with van der Waals surface area (Å²) < 4.78 is 26.9. The van der Waals surface area contributed by atoms with E-state index in [0.29, 0.717) is 22.3 Å². The first-order valence-corrected chi connectivity index (χ1v) is 9.56. The average molecular weight is 392 g/mol. The molecule has 0 unspecified atom stereocenters. The standard InChI is InChI=1S/C18H20N2O6S/c1-9-7-11(3)17(13(5)15(9)19(21)22)27(25,26)18-12(4)8-10(2)16(14(18)6)20(23)24/h7-8H,1-6H3. The van der Waals surface area contributed by atoms with Gasteiger partial charge in [-0.2, -0.15) is 0 Å². The topological polar surface area (TPSA) is 120 Å². The van der Waals surface area contributed by atoms with Gasteiger partial charge in [-0.25, -0.2) is 8.42 Å². The minimum absolute atomic E-state index is 0.0273. The molecule has 2 rings (SSSR count). The highest BCUT2D eigenvalue weighted by Gasteiger charge is 2.34. The van der Waals surface area contributed by atoms with Crippen molar-refractivity contribution in [3.05, 3.63) is 65.7 Å². The van der Waals surface area contributed by atoms with E-state index in [1.807, 2.05) is 0 Å². The summed E-state index contributed by atoms with van der Waals surface area (Å²) in [6.07, 6.45) is 0. The summed E-state index contributed by atoms with van der Waals surface area (Å²) in [4.78, 5) is 21.3. The van der Waals surface area contributed by atoms with E-state index in [2.05, 4.69) is 0 Å². The number of hydrogen-bond donors (Lipinski definition) is 0. The molecule has 0 aliphatic heterocycles. The molecular formula is C18H20N2O6S. The molecule has 0 saturated heterocycles. The Bertz CT molecular complexity index is 1020. The van der Waals surface area contributed by atoms with E-state index >= 15 is 0 Å². The normalized spacial score (nSPS) is 11.5. The number of sulfone groups is 1. The van der Waals surface area contributed by atoms with Crippen LogP contribution >= 0.6 is 0 Å². The van der Waals surface area contributed by atoms with Gasteiger partial charge in [0.25, 0.3) is 11.4 Å². The maximum atomic E-state index is 13.4. The second-order valence-corrected chi connectivity index (χ2v) is 8.47. The zero-order valence-electron chi connectivity index (χ0n) is 15.9. The van der Waals surface area contributed by atoms with Crippen LogP contribution in [0.3, 0.4) is 0 Å². The third kappa shape index (κ3) is 3.18. The molecule has 0 aliphatic carbocycles. The first-order chi connectivity index (χ1) is 12.3. The first kappa shape index (κ1) is 20.5. The van der Waals surface area contributed by atoms with Crippen molar-refractivity contribution < 1.29 is 18.3 Å². The molecule has 2 aromatic rings. The summed E-state index contributed by atoms with van der Waals surface area (Å²) in [5, 5.41) is 22.8. The highest BCUT2D eigenvalue weighted by atomic mass is 32.2. The molecule has 0 bridgehead atoms. The van der Waals surface area contributed by atoms with E-state index in [-0.39, 0.29) is 32.3 Å². The Balaban J connectivity index is 2.99. The largest absolute Gasteiger partial charge is 0.276 e. The third-order valence-corrected chi connectivity index (χ3v) is 6.95. The SMILES string of the molecule is Cc1cc(C)c(S(=O)(=O)c2c(C)cc(C)c([N+](=O)[O-])c2C)c(C)c1[N+](=O)[O-]. The minimum Gasteiger partial charge on any atom is -0.258 e. The molecule has 2 aromatic carbocycles. The van der Waals surface area contributed by atoms with Crippen LogP contribution in [0.25, 0.3) is 0 Å². The van der Waals surface area contributed by atoms with Crippen LogP contribution < -0.4 is 0 Å². The number of nitro benzene ring substituents is 2. The van der Waals surface area contributed by atoms with Gasteiger partial charge in [-0.15, -0.1) is 0 Å². The van der Waals surface area contributed by atoms with E-state index < -0.39 is 19.7 Å². The van der Waals surface area contributed by atoms with Crippen molar-refractivity contribution in [2.75, 3.05) is 0 Å². The van der Waals surface area contributed by atoms with Gasteiger partial charge in [-0.3, -0.25) is 20.2 Å². The molecule has 0 N–H and O–H groups in total. The van der Waals surface area contributed by atoms with Crippen molar-refractivity contribution in [2.45, 2.75) is 51.3 Å². The average Bonchev–Trinajstić information content (AvgIpc) is 2.43. The Morgan fingerprint density at radius 1 is 0.667 bits per heavy atom. The molecule has 0 heterocycles. The molecule has 0 spiro atoms. The Morgan fingerprint density at radius 3 is 1.22 bits per heavy atom. The lowest BCUT2D eigenvalue weighted by atomic mass is 10.0. The lowest BCUT2D eigenvalue weighted by Gasteiger charge is -2.17. The fourth-order valence-corrected chi connectivity index (χ4v) is 5.98. The highest BCUT2D eigenvalue weighted by Crippen LogP contribution is 2.39. The van der Waals surface area contributed by atoms with E-state index in [1.54, 1.807) is 27.7 Å². The Kier molecular flexibility index (Phi) is 5.11. The van der Waals surface area contributed by atoms with Crippen LogP contribution in [0, 0.1) is 61.8 Å². The van der Waals surface area contributed by atoms with E-state index in [9.17, 15) is 28.6 Å². The first-order valence-electron chi connectivity index (χ1n) is 8.07.